The number of carbonyl (C=O) groups excluding carboxylic acids is 1. The van der Waals surface area contributed by atoms with Gasteiger partial charge >= 0.3 is 5.97 Å². The number of carboxylic acids is 1. The molecule has 0 aliphatic carbocycles. The molecule has 0 unspecified atom stereocenters. The van der Waals surface area contributed by atoms with Gasteiger partial charge in [0.2, 0.25) is 0 Å². The second-order valence-corrected chi connectivity index (χ2v) is 5.65. The number of amides is 1. The highest BCUT2D eigenvalue weighted by molar-refractivity contribution is 6.30. The van der Waals surface area contributed by atoms with E-state index in [2.05, 4.69) is 15.5 Å². The number of nitrogens with zero attached hydrogens (tertiary/aromatic N) is 2. The smallest absolute Gasteiger partial charge is 0.322 e. The molecule has 8 nitrogen and oxygen atoms in total. The summed E-state index contributed by atoms with van der Waals surface area (Å²) in [5.74, 6) is -2.46. The lowest BCUT2D eigenvalue weighted by Gasteiger charge is -2.07. The predicted molar refractivity (Wildman–Crippen MR) is 88.6 cm³/mol. The van der Waals surface area contributed by atoms with Crippen LogP contribution in [0.1, 0.15) is 16.2 Å². The highest BCUT2D eigenvalue weighted by atomic mass is 35.5. The van der Waals surface area contributed by atoms with Gasteiger partial charge < -0.3 is 20.1 Å². The molecule has 0 radical (unpaired) electrons. The van der Waals surface area contributed by atoms with E-state index in [0.29, 0.717) is 22.0 Å². The summed E-state index contributed by atoms with van der Waals surface area (Å²) in [5.41, 5.74) is 1.21. The van der Waals surface area contributed by atoms with E-state index in [1.165, 1.54) is 0 Å². The van der Waals surface area contributed by atoms with Gasteiger partial charge in [0.25, 0.3) is 5.91 Å². The van der Waals surface area contributed by atoms with Gasteiger partial charge in [-0.1, -0.05) is 28.9 Å². The first kappa shape index (κ1) is 16.7. The normalized spacial score (nSPS) is 10.8. The first-order valence-corrected chi connectivity index (χ1v) is 7.51. The fourth-order valence-corrected chi connectivity index (χ4v) is 2.48. The highest BCUT2D eigenvalue weighted by Gasteiger charge is 2.24. The summed E-state index contributed by atoms with van der Waals surface area (Å²) in [6, 6.07) is 6.70. The van der Waals surface area contributed by atoms with Crippen LogP contribution in [0.4, 0.5) is 0 Å². The van der Waals surface area contributed by atoms with E-state index in [-0.39, 0.29) is 16.7 Å². The van der Waals surface area contributed by atoms with Crippen LogP contribution in [0, 0.1) is 6.92 Å². The zero-order valence-corrected chi connectivity index (χ0v) is 13.7. The molecule has 1 amide bonds. The summed E-state index contributed by atoms with van der Waals surface area (Å²) in [5, 5.41) is 26.0. The van der Waals surface area contributed by atoms with Gasteiger partial charge in [-0.2, -0.15) is 0 Å². The number of aliphatic carboxylic acids is 1. The van der Waals surface area contributed by atoms with E-state index in [0.717, 1.165) is 0 Å². The van der Waals surface area contributed by atoms with Gasteiger partial charge in [-0.3, -0.25) is 9.59 Å². The van der Waals surface area contributed by atoms with Crippen molar-refractivity contribution >= 4 is 34.4 Å². The second kappa shape index (κ2) is 6.40. The lowest BCUT2D eigenvalue weighted by atomic mass is 10.1. The number of nitrogens with one attached hydrogen (secondary N) is 1. The van der Waals surface area contributed by atoms with E-state index in [9.17, 15) is 14.7 Å². The third-order valence-corrected chi connectivity index (χ3v) is 3.75. The van der Waals surface area contributed by atoms with E-state index in [1.54, 1.807) is 31.2 Å². The number of pyridine rings is 1. The number of benzene rings is 1. The summed E-state index contributed by atoms with van der Waals surface area (Å²) in [7, 11) is 0. The zero-order chi connectivity index (χ0) is 18.1. The first-order chi connectivity index (χ1) is 11.9. The molecule has 0 saturated heterocycles. The van der Waals surface area contributed by atoms with Gasteiger partial charge in [-0.05, 0) is 19.1 Å². The zero-order valence-electron chi connectivity index (χ0n) is 12.9. The summed E-state index contributed by atoms with van der Waals surface area (Å²) in [6.07, 6.45) is 0. The number of fused-ring (bicyclic) bond motifs is 1. The lowest BCUT2D eigenvalue weighted by molar-refractivity contribution is -0.135. The Kier molecular flexibility index (Phi) is 4.28. The topological polar surface area (TPSA) is 126 Å². The largest absolute Gasteiger partial charge is 0.505 e. The van der Waals surface area contributed by atoms with Crippen LogP contribution in [0.2, 0.25) is 5.02 Å². The molecule has 2 aromatic heterocycles. The van der Waals surface area contributed by atoms with Crippen molar-refractivity contribution in [2.45, 2.75) is 6.92 Å². The van der Waals surface area contributed by atoms with Crippen LogP contribution in [0.3, 0.4) is 0 Å². The van der Waals surface area contributed by atoms with Crippen LogP contribution >= 0.6 is 11.6 Å². The Morgan fingerprint density at radius 2 is 1.96 bits per heavy atom. The molecule has 0 spiro atoms. The fraction of sp³-hybridized carbons (Fsp3) is 0.125. The standard InChI is InChI=1S/C16H12ClN3O5/c1-7-15-11(12(20-25-15)8-2-4-9(17)5-3-8)14(23)13(19-7)16(24)18-6-10(21)22/h2-5,23H,6H2,1H3,(H,18,24)(H,21,22). The molecule has 25 heavy (non-hydrogen) atoms. The molecule has 1 aromatic carbocycles. The molecule has 0 aliphatic rings. The number of carboxylic acid groups (broad SMARTS) is 1. The van der Waals surface area contributed by atoms with Gasteiger partial charge in [0.15, 0.2) is 17.0 Å². The number of hydrogen-bond donors (Lipinski definition) is 3. The number of rotatable bonds is 4. The van der Waals surface area contributed by atoms with Crippen molar-refractivity contribution in [2.75, 3.05) is 6.54 Å². The molecule has 0 saturated carbocycles. The third-order valence-electron chi connectivity index (χ3n) is 3.49. The minimum Gasteiger partial charge on any atom is -0.505 e. The fourth-order valence-electron chi connectivity index (χ4n) is 2.35. The van der Waals surface area contributed by atoms with E-state index in [1.807, 2.05) is 0 Å². The molecule has 0 bridgehead atoms. The van der Waals surface area contributed by atoms with Crippen molar-refractivity contribution in [3.8, 4) is 17.0 Å². The van der Waals surface area contributed by atoms with Gasteiger partial charge in [0.1, 0.15) is 12.2 Å². The molecule has 3 aromatic rings. The van der Waals surface area contributed by atoms with Gasteiger partial charge in [-0.15, -0.1) is 0 Å². The van der Waals surface area contributed by atoms with Crippen LogP contribution < -0.4 is 5.32 Å². The molecule has 128 valence electrons. The number of hydrogen-bond acceptors (Lipinski definition) is 6. The number of aryl methyl sites for hydroxylation is 1. The minimum absolute atomic E-state index is 0.218. The summed E-state index contributed by atoms with van der Waals surface area (Å²) in [4.78, 5) is 26.7. The van der Waals surface area contributed by atoms with Crippen molar-refractivity contribution in [3.63, 3.8) is 0 Å². The van der Waals surface area contributed by atoms with Crippen molar-refractivity contribution < 1.29 is 24.3 Å². The predicted octanol–water partition coefficient (Wildman–Crippen LogP) is 2.37. The van der Waals surface area contributed by atoms with Gasteiger partial charge in [0.05, 0.1) is 11.1 Å². The molecule has 3 N–H and O–H groups in total. The Morgan fingerprint density at radius 1 is 1.28 bits per heavy atom. The number of carbonyl (C=O) groups is 2. The molecule has 0 fully saturated rings. The van der Waals surface area contributed by atoms with Crippen LogP contribution in [-0.4, -0.2) is 38.8 Å². The summed E-state index contributed by atoms with van der Waals surface area (Å²) >= 11 is 5.87. The van der Waals surface area contributed by atoms with E-state index in [4.69, 9.17) is 21.2 Å². The second-order valence-electron chi connectivity index (χ2n) is 5.21. The van der Waals surface area contributed by atoms with Crippen molar-refractivity contribution in [1.29, 1.82) is 0 Å². The van der Waals surface area contributed by atoms with Crippen molar-refractivity contribution in [3.05, 3.63) is 40.7 Å². The van der Waals surface area contributed by atoms with E-state index >= 15 is 0 Å². The number of halogens is 1. The Morgan fingerprint density at radius 3 is 2.60 bits per heavy atom. The van der Waals surface area contributed by atoms with Crippen LogP contribution in [0.25, 0.3) is 22.2 Å². The molecule has 0 aliphatic heterocycles. The van der Waals surface area contributed by atoms with Gasteiger partial charge in [0, 0.05) is 10.6 Å². The van der Waals surface area contributed by atoms with Crippen LogP contribution in [-0.2, 0) is 4.79 Å². The van der Waals surface area contributed by atoms with Crippen LogP contribution in [0.15, 0.2) is 28.8 Å². The van der Waals surface area contributed by atoms with Gasteiger partial charge in [-0.25, -0.2) is 4.98 Å². The maximum atomic E-state index is 12.1. The molecule has 9 heteroatoms. The molecular formula is C16H12ClN3O5. The maximum Gasteiger partial charge on any atom is 0.322 e. The van der Waals surface area contributed by atoms with Crippen molar-refractivity contribution in [2.24, 2.45) is 0 Å². The summed E-state index contributed by atoms with van der Waals surface area (Å²) in [6.45, 7) is 0.997. The minimum atomic E-state index is -1.21. The number of aromatic nitrogens is 2. The van der Waals surface area contributed by atoms with Crippen molar-refractivity contribution in [1.82, 2.24) is 15.5 Å². The Labute approximate surface area is 146 Å². The first-order valence-electron chi connectivity index (χ1n) is 7.13. The third kappa shape index (κ3) is 3.11. The number of aromatic hydroxyl groups is 1. The monoisotopic (exact) mass is 361 g/mol. The maximum absolute atomic E-state index is 12.1. The molecule has 3 rings (SSSR count). The Balaban J connectivity index is 2.14. The Bertz CT molecular complexity index is 982. The molecule has 0 atom stereocenters. The molecule has 2 heterocycles. The Hall–Kier alpha value is -3.13. The quantitative estimate of drug-likeness (QED) is 0.651. The average Bonchev–Trinajstić information content (AvgIpc) is 3.02. The lowest BCUT2D eigenvalue weighted by Crippen LogP contribution is -2.30. The van der Waals surface area contributed by atoms with E-state index < -0.39 is 24.2 Å². The highest BCUT2D eigenvalue weighted by Crippen LogP contribution is 2.37. The van der Waals surface area contributed by atoms with Crippen LogP contribution in [0.5, 0.6) is 5.75 Å². The average molecular weight is 362 g/mol. The SMILES string of the molecule is Cc1nc(C(=O)NCC(=O)O)c(O)c2c(-c3ccc(Cl)cc3)noc12. The molecular weight excluding hydrogens is 350 g/mol. The summed E-state index contributed by atoms with van der Waals surface area (Å²) < 4.78 is 5.25.